The fourth-order valence-electron chi connectivity index (χ4n) is 4.55. The van der Waals surface area contributed by atoms with E-state index in [9.17, 15) is 14.4 Å². The largest absolute Gasteiger partial charge is 0.357 e. The van der Waals surface area contributed by atoms with Crippen molar-refractivity contribution in [1.29, 1.82) is 0 Å². The highest BCUT2D eigenvalue weighted by atomic mass is 16.2. The van der Waals surface area contributed by atoms with E-state index >= 15 is 0 Å². The van der Waals surface area contributed by atoms with Gasteiger partial charge in [0, 0.05) is 42.3 Å². The van der Waals surface area contributed by atoms with Gasteiger partial charge in [-0.05, 0) is 42.3 Å². The summed E-state index contributed by atoms with van der Waals surface area (Å²) in [5.41, 5.74) is 4.71. The van der Waals surface area contributed by atoms with Crippen LogP contribution in [0, 0.1) is 0 Å². The molecule has 7 nitrogen and oxygen atoms in total. The zero-order valence-corrected chi connectivity index (χ0v) is 16.6. The smallest absolute Gasteiger partial charge is 0.251 e. The minimum Gasteiger partial charge on any atom is -0.357 e. The number of imide groups is 1. The summed E-state index contributed by atoms with van der Waals surface area (Å²) >= 11 is 0. The molecule has 3 heterocycles. The van der Waals surface area contributed by atoms with E-state index in [-0.39, 0.29) is 24.1 Å². The first-order valence-electron chi connectivity index (χ1n) is 10.1. The number of amides is 3. The van der Waals surface area contributed by atoms with E-state index in [1.54, 1.807) is 24.3 Å². The number of aromatic amines is 1. The summed E-state index contributed by atoms with van der Waals surface area (Å²) in [5, 5.41) is 3.92. The van der Waals surface area contributed by atoms with Crippen LogP contribution >= 0.6 is 0 Å². The highest BCUT2D eigenvalue weighted by Crippen LogP contribution is 2.32. The lowest BCUT2D eigenvalue weighted by Gasteiger charge is -2.30. The zero-order valence-electron chi connectivity index (χ0n) is 16.6. The van der Waals surface area contributed by atoms with Crippen LogP contribution in [0.15, 0.2) is 48.5 Å². The van der Waals surface area contributed by atoms with Crippen molar-refractivity contribution >= 4 is 40.0 Å². The van der Waals surface area contributed by atoms with Crippen LogP contribution in [0.5, 0.6) is 0 Å². The highest BCUT2D eigenvalue weighted by molar-refractivity contribution is 6.22. The van der Waals surface area contributed by atoms with E-state index in [4.69, 9.17) is 0 Å². The minimum absolute atomic E-state index is 0.169. The number of nitrogens with zero attached hydrogens (tertiary/aromatic N) is 2. The summed E-state index contributed by atoms with van der Waals surface area (Å²) in [6, 6.07) is 14.6. The molecule has 1 unspecified atom stereocenters. The minimum atomic E-state index is -0.452. The Morgan fingerprint density at radius 1 is 1.10 bits per heavy atom. The first-order valence-corrected chi connectivity index (χ1v) is 10.1. The number of carbonyl (C=O) groups is 3. The Bertz CT molecular complexity index is 1160. The first kappa shape index (κ1) is 18.6. The highest BCUT2D eigenvalue weighted by Gasteiger charge is 2.43. The normalized spacial score (nSPS) is 19.4. The molecule has 5 rings (SSSR count). The van der Waals surface area contributed by atoms with E-state index in [0.29, 0.717) is 17.9 Å². The molecule has 0 radical (unpaired) electrons. The van der Waals surface area contributed by atoms with E-state index in [1.165, 1.54) is 22.8 Å². The van der Waals surface area contributed by atoms with Gasteiger partial charge in [0.1, 0.15) is 0 Å². The fourth-order valence-corrected chi connectivity index (χ4v) is 4.55. The average molecular weight is 402 g/mol. The lowest BCUT2D eigenvalue weighted by atomic mass is 10.0. The van der Waals surface area contributed by atoms with Crippen molar-refractivity contribution < 1.29 is 14.4 Å². The number of benzene rings is 2. The molecule has 2 aliphatic heterocycles. The maximum atomic E-state index is 13.1. The predicted octanol–water partition coefficient (Wildman–Crippen LogP) is 2.82. The van der Waals surface area contributed by atoms with E-state index < -0.39 is 6.04 Å². The third-order valence-corrected chi connectivity index (χ3v) is 5.92. The topological polar surface area (TPSA) is 85.5 Å². The molecule has 2 N–H and O–H groups in total. The van der Waals surface area contributed by atoms with Gasteiger partial charge in [0.25, 0.3) is 5.91 Å². The molecule has 3 aromatic rings. The first-order chi connectivity index (χ1) is 14.5. The fraction of sp³-hybridized carbons (Fsp3) is 0.261. The average Bonchev–Trinajstić information content (AvgIpc) is 3.24. The summed E-state index contributed by atoms with van der Waals surface area (Å²) in [5.74, 6) is -0.552. The maximum Gasteiger partial charge on any atom is 0.251 e. The second-order valence-corrected chi connectivity index (χ2v) is 7.86. The van der Waals surface area contributed by atoms with Gasteiger partial charge in [-0.2, -0.15) is 0 Å². The Kier molecular flexibility index (Phi) is 4.40. The third-order valence-electron chi connectivity index (χ3n) is 5.92. The molecule has 1 atom stereocenters. The lowest BCUT2D eigenvalue weighted by molar-refractivity contribution is -0.123. The Hall–Kier alpha value is -3.45. The Morgan fingerprint density at radius 2 is 1.87 bits per heavy atom. The SMILES string of the molecule is CC(=O)Nc1ccc(N2C(=O)CC(N3CCc4c([nH]c5ccccc45)C3)C2=O)cc1. The summed E-state index contributed by atoms with van der Waals surface area (Å²) < 4.78 is 0. The van der Waals surface area contributed by atoms with Gasteiger partial charge in [-0.15, -0.1) is 0 Å². The van der Waals surface area contributed by atoms with Crippen molar-refractivity contribution in [2.75, 3.05) is 16.8 Å². The second-order valence-electron chi connectivity index (χ2n) is 7.86. The maximum absolute atomic E-state index is 13.1. The van der Waals surface area contributed by atoms with Crippen molar-refractivity contribution in [3.05, 3.63) is 59.8 Å². The van der Waals surface area contributed by atoms with E-state index in [2.05, 4.69) is 27.3 Å². The van der Waals surface area contributed by atoms with Gasteiger partial charge in [0.05, 0.1) is 18.2 Å². The number of hydrogen-bond donors (Lipinski definition) is 2. The number of anilines is 2. The predicted molar refractivity (Wildman–Crippen MR) is 114 cm³/mol. The van der Waals surface area contributed by atoms with Crippen LogP contribution in [0.25, 0.3) is 10.9 Å². The van der Waals surface area contributed by atoms with Crippen molar-refractivity contribution in [3.63, 3.8) is 0 Å². The Morgan fingerprint density at radius 3 is 2.63 bits per heavy atom. The summed E-state index contributed by atoms with van der Waals surface area (Å²) in [7, 11) is 0. The van der Waals surface area contributed by atoms with Crippen LogP contribution in [0.3, 0.4) is 0 Å². The zero-order chi connectivity index (χ0) is 20.8. The molecule has 0 spiro atoms. The molecule has 0 aliphatic carbocycles. The molecule has 2 aromatic carbocycles. The van der Waals surface area contributed by atoms with Crippen LogP contribution in [0.1, 0.15) is 24.6 Å². The molecule has 7 heteroatoms. The van der Waals surface area contributed by atoms with E-state index in [0.717, 1.165) is 24.2 Å². The second kappa shape index (κ2) is 7.11. The molecular weight excluding hydrogens is 380 g/mol. The number of rotatable bonds is 3. The molecule has 30 heavy (non-hydrogen) atoms. The van der Waals surface area contributed by atoms with Crippen LogP contribution in [-0.4, -0.2) is 40.2 Å². The van der Waals surface area contributed by atoms with Crippen LogP contribution in [-0.2, 0) is 27.3 Å². The monoisotopic (exact) mass is 402 g/mol. The van der Waals surface area contributed by atoms with Gasteiger partial charge in [-0.1, -0.05) is 18.2 Å². The molecule has 1 saturated heterocycles. The summed E-state index contributed by atoms with van der Waals surface area (Å²) in [6.07, 6.45) is 1.03. The number of carbonyl (C=O) groups excluding carboxylic acids is 3. The molecule has 2 aliphatic rings. The van der Waals surface area contributed by atoms with Crippen LogP contribution < -0.4 is 10.2 Å². The third kappa shape index (κ3) is 3.07. The van der Waals surface area contributed by atoms with Crippen molar-refractivity contribution in [1.82, 2.24) is 9.88 Å². The molecule has 0 saturated carbocycles. The molecule has 1 fully saturated rings. The molecule has 152 valence electrons. The molecule has 3 amide bonds. The number of para-hydroxylation sites is 1. The van der Waals surface area contributed by atoms with Crippen molar-refractivity contribution in [3.8, 4) is 0 Å². The number of hydrogen-bond acceptors (Lipinski definition) is 4. The molecule has 1 aromatic heterocycles. The van der Waals surface area contributed by atoms with Crippen LogP contribution in [0.4, 0.5) is 11.4 Å². The lowest BCUT2D eigenvalue weighted by Crippen LogP contribution is -2.44. The Balaban J connectivity index is 1.36. The summed E-state index contributed by atoms with van der Waals surface area (Å²) in [6.45, 7) is 2.81. The van der Waals surface area contributed by atoms with Gasteiger partial charge < -0.3 is 10.3 Å². The number of nitrogens with one attached hydrogen (secondary N) is 2. The van der Waals surface area contributed by atoms with E-state index in [1.807, 2.05) is 12.1 Å². The van der Waals surface area contributed by atoms with Crippen molar-refractivity contribution in [2.45, 2.75) is 32.4 Å². The summed E-state index contributed by atoms with van der Waals surface area (Å²) in [4.78, 5) is 43.9. The quantitative estimate of drug-likeness (QED) is 0.660. The number of H-pyrrole nitrogens is 1. The van der Waals surface area contributed by atoms with Gasteiger partial charge >= 0.3 is 0 Å². The Labute approximate surface area is 173 Å². The molecular formula is C23H22N4O3. The van der Waals surface area contributed by atoms with Gasteiger partial charge in [0.2, 0.25) is 11.8 Å². The van der Waals surface area contributed by atoms with Crippen LogP contribution in [0.2, 0.25) is 0 Å². The van der Waals surface area contributed by atoms with Gasteiger partial charge in [0.15, 0.2) is 0 Å². The van der Waals surface area contributed by atoms with Gasteiger partial charge in [-0.3, -0.25) is 19.3 Å². The van der Waals surface area contributed by atoms with Crippen molar-refractivity contribution in [2.24, 2.45) is 0 Å². The number of fused-ring (bicyclic) bond motifs is 3. The van der Waals surface area contributed by atoms with Gasteiger partial charge in [-0.25, -0.2) is 4.90 Å². The molecule has 0 bridgehead atoms. The number of aromatic nitrogens is 1. The standard InChI is InChI=1S/C23H22N4O3/c1-14(28)24-15-6-8-16(9-7-15)27-22(29)12-21(23(27)30)26-11-10-18-17-4-2-3-5-19(17)25-20(18)13-26/h2-9,21,25H,10-13H2,1H3,(H,24,28).